The Hall–Kier alpha value is -2.14. The van der Waals surface area contributed by atoms with Crippen molar-refractivity contribution in [3.05, 3.63) is 46.2 Å². The number of aromatic amines is 1. The molecule has 1 amide bonds. The maximum atomic E-state index is 12.5. The van der Waals surface area contributed by atoms with E-state index in [1.165, 1.54) is 0 Å². The predicted molar refractivity (Wildman–Crippen MR) is 77.9 cm³/mol. The van der Waals surface area contributed by atoms with Crippen LogP contribution in [0.15, 0.2) is 35.1 Å². The quantitative estimate of drug-likeness (QED) is 0.812. The lowest BCUT2D eigenvalue weighted by atomic mass is 10.1. The van der Waals surface area contributed by atoms with E-state index in [2.05, 4.69) is 10.3 Å². The van der Waals surface area contributed by atoms with Crippen LogP contribution in [0.3, 0.4) is 0 Å². The van der Waals surface area contributed by atoms with Crippen LogP contribution in [0.5, 0.6) is 0 Å². The fourth-order valence-corrected chi connectivity index (χ4v) is 2.59. The Balaban J connectivity index is 1.98. The molecule has 0 spiro atoms. The molecule has 1 aromatic heterocycles. The maximum absolute atomic E-state index is 12.5. The third kappa shape index (κ3) is 2.32. The Morgan fingerprint density at radius 1 is 1.35 bits per heavy atom. The summed E-state index contributed by atoms with van der Waals surface area (Å²) in [5.41, 5.74) is 0.653. The lowest BCUT2D eigenvalue weighted by molar-refractivity contribution is 0.0707. The standard InChI is InChI=1S/C15H17N3O2/c1-10-9-18(7-6-16-10)15(20)12-8-11-4-2-3-5-13(11)17-14(12)19/h2-5,8,10,16H,6-7,9H2,1H3,(H,17,19). The summed E-state index contributed by atoms with van der Waals surface area (Å²) in [5.74, 6) is -0.189. The summed E-state index contributed by atoms with van der Waals surface area (Å²) in [6, 6.07) is 9.41. The Morgan fingerprint density at radius 3 is 2.95 bits per heavy atom. The summed E-state index contributed by atoms with van der Waals surface area (Å²) in [7, 11) is 0. The Bertz CT molecular complexity index is 708. The molecule has 5 nitrogen and oxygen atoms in total. The molecule has 3 rings (SSSR count). The van der Waals surface area contributed by atoms with Gasteiger partial charge in [0.05, 0.1) is 0 Å². The van der Waals surface area contributed by atoms with E-state index in [0.717, 1.165) is 17.4 Å². The highest BCUT2D eigenvalue weighted by molar-refractivity contribution is 5.97. The second kappa shape index (κ2) is 5.09. The highest BCUT2D eigenvalue weighted by Crippen LogP contribution is 2.12. The number of pyridine rings is 1. The summed E-state index contributed by atoms with van der Waals surface area (Å²) >= 11 is 0. The molecule has 0 aliphatic carbocycles. The monoisotopic (exact) mass is 271 g/mol. The largest absolute Gasteiger partial charge is 0.336 e. The molecular weight excluding hydrogens is 254 g/mol. The SMILES string of the molecule is CC1CN(C(=O)c2cc3ccccc3[nH]c2=O)CCN1. The average molecular weight is 271 g/mol. The van der Waals surface area contributed by atoms with Gasteiger partial charge in [-0.05, 0) is 24.4 Å². The van der Waals surface area contributed by atoms with Gasteiger partial charge in [-0.1, -0.05) is 18.2 Å². The zero-order valence-corrected chi connectivity index (χ0v) is 11.3. The molecule has 0 bridgehead atoms. The number of piperazine rings is 1. The summed E-state index contributed by atoms with van der Waals surface area (Å²) in [6.07, 6.45) is 0. The molecule has 1 saturated heterocycles. The number of rotatable bonds is 1. The Morgan fingerprint density at radius 2 is 2.15 bits per heavy atom. The number of nitrogens with one attached hydrogen (secondary N) is 2. The number of amides is 1. The van der Waals surface area contributed by atoms with Crippen molar-refractivity contribution in [3.8, 4) is 0 Å². The van der Waals surface area contributed by atoms with Crippen LogP contribution >= 0.6 is 0 Å². The summed E-state index contributed by atoms with van der Waals surface area (Å²) in [6.45, 7) is 4.06. The molecule has 20 heavy (non-hydrogen) atoms. The number of H-pyrrole nitrogens is 1. The van der Waals surface area contributed by atoms with Crippen molar-refractivity contribution in [2.75, 3.05) is 19.6 Å². The molecule has 1 aromatic carbocycles. The van der Waals surface area contributed by atoms with Crippen molar-refractivity contribution < 1.29 is 4.79 Å². The van der Waals surface area contributed by atoms with Gasteiger partial charge in [0.15, 0.2) is 0 Å². The number of benzene rings is 1. The molecule has 2 aromatic rings. The first-order valence-corrected chi connectivity index (χ1v) is 6.80. The van der Waals surface area contributed by atoms with Gasteiger partial charge < -0.3 is 15.2 Å². The molecule has 104 valence electrons. The lowest BCUT2D eigenvalue weighted by Crippen LogP contribution is -2.52. The number of aromatic nitrogens is 1. The van der Waals surface area contributed by atoms with Gasteiger partial charge in [0.2, 0.25) is 0 Å². The number of hydrogen-bond donors (Lipinski definition) is 2. The van der Waals surface area contributed by atoms with E-state index in [-0.39, 0.29) is 23.1 Å². The van der Waals surface area contributed by atoms with Crippen LogP contribution in [0, 0.1) is 0 Å². The highest BCUT2D eigenvalue weighted by Gasteiger charge is 2.23. The molecule has 2 heterocycles. The van der Waals surface area contributed by atoms with Gasteiger partial charge in [-0.25, -0.2) is 0 Å². The Kier molecular flexibility index (Phi) is 3.28. The van der Waals surface area contributed by atoms with Crippen LogP contribution in [0.4, 0.5) is 0 Å². The molecule has 1 unspecified atom stereocenters. The van der Waals surface area contributed by atoms with Crippen LogP contribution < -0.4 is 10.9 Å². The molecule has 1 aliphatic heterocycles. The number of nitrogens with zero attached hydrogens (tertiary/aromatic N) is 1. The van der Waals surface area contributed by atoms with Crippen LogP contribution in [-0.2, 0) is 0 Å². The summed E-state index contributed by atoms with van der Waals surface area (Å²) < 4.78 is 0. The van der Waals surface area contributed by atoms with Crippen LogP contribution in [0.1, 0.15) is 17.3 Å². The first-order valence-electron chi connectivity index (χ1n) is 6.80. The second-order valence-corrected chi connectivity index (χ2v) is 5.21. The minimum absolute atomic E-state index is 0.189. The van der Waals surface area contributed by atoms with Crippen LogP contribution in [0.25, 0.3) is 10.9 Å². The normalized spacial score (nSPS) is 19.2. The minimum Gasteiger partial charge on any atom is -0.336 e. The van der Waals surface area contributed by atoms with Gasteiger partial charge in [0.1, 0.15) is 5.56 Å². The van der Waals surface area contributed by atoms with E-state index < -0.39 is 0 Å². The minimum atomic E-state index is -0.320. The van der Waals surface area contributed by atoms with E-state index >= 15 is 0 Å². The van der Waals surface area contributed by atoms with E-state index in [1.807, 2.05) is 31.2 Å². The number of fused-ring (bicyclic) bond motifs is 1. The van der Waals surface area contributed by atoms with Gasteiger partial charge >= 0.3 is 0 Å². The van der Waals surface area contributed by atoms with E-state index in [1.54, 1.807) is 11.0 Å². The van der Waals surface area contributed by atoms with Gasteiger partial charge in [-0.3, -0.25) is 9.59 Å². The van der Waals surface area contributed by atoms with Crippen LogP contribution in [0.2, 0.25) is 0 Å². The first-order chi connectivity index (χ1) is 9.65. The van der Waals surface area contributed by atoms with Gasteiger partial charge in [-0.2, -0.15) is 0 Å². The molecular formula is C15H17N3O2. The molecule has 5 heteroatoms. The molecule has 1 aliphatic rings. The molecule has 0 radical (unpaired) electrons. The smallest absolute Gasteiger partial charge is 0.261 e. The number of para-hydroxylation sites is 1. The van der Waals surface area contributed by atoms with Gasteiger partial charge in [0, 0.05) is 31.2 Å². The maximum Gasteiger partial charge on any atom is 0.261 e. The van der Waals surface area contributed by atoms with Crippen molar-refractivity contribution in [2.24, 2.45) is 0 Å². The van der Waals surface area contributed by atoms with Crippen molar-refractivity contribution in [2.45, 2.75) is 13.0 Å². The van der Waals surface area contributed by atoms with E-state index in [4.69, 9.17) is 0 Å². The number of hydrogen-bond acceptors (Lipinski definition) is 3. The fraction of sp³-hybridized carbons (Fsp3) is 0.333. The number of carbonyl (C=O) groups is 1. The first kappa shape index (κ1) is 12.9. The van der Waals surface area contributed by atoms with Crippen molar-refractivity contribution in [1.82, 2.24) is 15.2 Å². The fourth-order valence-electron chi connectivity index (χ4n) is 2.59. The van der Waals surface area contributed by atoms with E-state index in [0.29, 0.717) is 13.1 Å². The van der Waals surface area contributed by atoms with E-state index in [9.17, 15) is 9.59 Å². The zero-order chi connectivity index (χ0) is 14.1. The van der Waals surface area contributed by atoms with Gasteiger partial charge in [-0.15, -0.1) is 0 Å². The summed E-state index contributed by atoms with van der Waals surface area (Å²) in [4.78, 5) is 29.1. The number of carbonyl (C=O) groups excluding carboxylic acids is 1. The van der Waals surface area contributed by atoms with Crippen molar-refractivity contribution in [1.29, 1.82) is 0 Å². The second-order valence-electron chi connectivity index (χ2n) is 5.21. The molecule has 1 fully saturated rings. The molecule has 2 N–H and O–H groups in total. The van der Waals surface area contributed by atoms with Crippen LogP contribution in [-0.4, -0.2) is 41.5 Å². The van der Waals surface area contributed by atoms with Crippen molar-refractivity contribution >= 4 is 16.8 Å². The Labute approximate surface area is 116 Å². The van der Waals surface area contributed by atoms with Crippen molar-refractivity contribution in [3.63, 3.8) is 0 Å². The molecule has 1 atom stereocenters. The summed E-state index contributed by atoms with van der Waals surface area (Å²) in [5, 5.41) is 4.16. The van der Waals surface area contributed by atoms with Gasteiger partial charge in [0.25, 0.3) is 11.5 Å². The highest BCUT2D eigenvalue weighted by atomic mass is 16.2. The third-order valence-electron chi connectivity index (χ3n) is 3.64. The zero-order valence-electron chi connectivity index (χ0n) is 11.3. The average Bonchev–Trinajstić information content (AvgIpc) is 2.46. The third-order valence-corrected chi connectivity index (χ3v) is 3.64. The topological polar surface area (TPSA) is 65.2 Å². The lowest BCUT2D eigenvalue weighted by Gasteiger charge is -2.31. The predicted octanol–water partition coefficient (Wildman–Crippen LogP) is 0.962. The molecule has 0 saturated carbocycles.